The topological polar surface area (TPSA) is 107 Å². The minimum Gasteiger partial charge on any atom is -0.466 e. The Morgan fingerprint density at radius 2 is 2.03 bits per heavy atom. The molecule has 1 amide bonds. The zero-order valence-corrected chi connectivity index (χ0v) is 21.1. The minimum atomic E-state index is -0.283. The fraction of sp³-hybridized carbons (Fsp3) is 0.583. The number of rotatable bonds is 9. The van der Waals surface area contributed by atoms with E-state index < -0.39 is 0 Å². The third-order valence-corrected chi connectivity index (χ3v) is 6.79. The second kappa shape index (κ2) is 12.4. The van der Waals surface area contributed by atoms with E-state index in [0.29, 0.717) is 56.2 Å². The summed E-state index contributed by atoms with van der Waals surface area (Å²) in [6.07, 6.45) is 1.50. The lowest BCUT2D eigenvalue weighted by Gasteiger charge is -2.30. The molecule has 0 aromatic carbocycles. The van der Waals surface area contributed by atoms with Gasteiger partial charge in [0.25, 0.3) is 5.91 Å². The number of esters is 1. The number of thioether (sulfide) groups is 1. The van der Waals surface area contributed by atoms with Crippen molar-refractivity contribution in [2.45, 2.75) is 37.3 Å². The highest BCUT2D eigenvalue weighted by atomic mass is 32.2. The quantitative estimate of drug-likeness (QED) is 0.287. The second-order valence-electron chi connectivity index (χ2n) is 8.43. The molecule has 4 heterocycles. The summed E-state index contributed by atoms with van der Waals surface area (Å²) >= 11 is 1.45. The van der Waals surface area contributed by atoms with Crippen LogP contribution >= 0.6 is 11.8 Å². The molecule has 2 saturated heterocycles. The highest BCUT2D eigenvalue weighted by molar-refractivity contribution is 7.98. The molecular weight excluding hydrogens is 472 g/mol. The fourth-order valence-electron chi connectivity index (χ4n) is 4.18. The lowest BCUT2D eigenvalue weighted by atomic mass is 9.98. The Kier molecular flexibility index (Phi) is 9.00. The van der Waals surface area contributed by atoms with Gasteiger partial charge < -0.3 is 28.4 Å². The molecule has 0 radical (unpaired) electrons. The fourth-order valence-corrected chi connectivity index (χ4v) is 4.94. The van der Waals surface area contributed by atoms with Crippen LogP contribution in [0.2, 0.25) is 0 Å². The van der Waals surface area contributed by atoms with Gasteiger partial charge in [0.2, 0.25) is 0 Å². The molecule has 0 saturated carbocycles. The number of morpholine rings is 1. The van der Waals surface area contributed by atoms with E-state index in [1.807, 2.05) is 6.07 Å². The monoisotopic (exact) mass is 504 g/mol. The lowest BCUT2D eigenvalue weighted by molar-refractivity contribution is -0.149. The van der Waals surface area contributed by atoms with Gasteiger partial charge >= 0.3 is 5.97 Å². The number of carbonyl (C=O) groups is 2. The van der Waals surface area contributed by atoms with E-state index in [1.54, 1.807) is 31.1 Å². The molecule has 35 heavy (non-hydrogen) atoms. The van der Waals surface area contributed by atoms with Crippen LogP contribution in [-0.2, 0) is 31.4 Å². The SMILES string of the molecule is CCOC(=O)[C@@H]1CCCN(C(=O)c2ccc(CSc3nc(COC)cc(N4CCOCC4)n3)o2)C1. The summed E-state index contributed by atoms with van der Waals surface area (Å²) in [5.41, 5.74) is 0.808. The Bertz CT molecular complexity index is 1010. The van der Waals surface area contributed by atoms with Crippen LogP contribution in [0.3, 0.4) is 0 Å². The first-order valence-electron chi connectivity index (χ1n) is 11.9. The van der Waals surface area contributed by atoms with Gasteiger partial charge in [-0.05, 0) is 31.9 Å². The summed E-state index contributed by atoms with van der Waals surface area (Å²) < 4.78 is 21.7. The molecule has 2 aliphatic rings. The number of piperidine rings is 1. The van der Waals surface area contributed by atoms with Crippen LogP contribution in [0.4, 0.5) is 5.82 Å². The van der Waals surface area contributed by atoms with Crippen molar-refractivity contribution < 1.29 is 28.2 Å². The zero-order valence-electron chi connectivity index (χ0n) is 20.2. The molecule has 2 aromatic heterocycles. The summed E-state index contributed by atoms with van der Waals surface area (Å²) in [7, 11) is 1.64. The van der Waals surface area contributed by atoms with Gasteiger partial charge in [-0.2, -0.15) is 0 Å². The summed E-state index contributed by atoms with van der Waals surface area (Å²) in [5, 5.41) is 0.624. The van der Waals surface area contributed by atoms with Crippen molar-refractivity contribution >= 4 is 29.5 Å². The third kappa shape index (κ3) is 6.74. The summed E-state index contributed by atoms with van der Waals surface area (Å²) in [5.74, 6) is 1.54. The van der Waals surface area contributed by atoms with E-state index in [-0.39, 0.29) is 23.6 Å². The summed E-state index contributed by atoms with van der Waals surface area (Å²) in [4.78, 5) is 38.2. The standard InChI is InChI=1S/C24H32N4O6S/c1-3-33-23(30)17-5-4-8-28(14-17)22(29)20-7-6-19(34-20)16-35-24-25-18(15-31-2)13-21(26-24)27-9-11-32-12-10-27/h6-7,13,17H,3-5,8-12,14-16H2,1-2H3/t17-/m1/s1. The van der Waals surface area contributed by atoms with Gasteiger partial charge in [0.05, 0.1) is 43.8 Å². The number of hydrogen-bond donors (Lipinski definition) is 0. The van der Waals surface area contributed by atoms with E-state index >= 15 is 0 Å². The van der Waals surface area contributed by atoms with Gasteiger partial charge in [-0.25, -0.2) is 9.97 Å². The van der Waals surface area contributed by atoms with E-state index in [0.717, 1.165) is 37.4 Å². The van der Waals surface area contributed by atoms with E-state index in [1.165, 1.54) is 11.8 Å². The first kappa shape index (κ1) is 25.5. The number of anilines is 1. The van der Waals surface area contributed by atoms with E-state index in [2.05, 4.69) is 9.88 Å². The maximum absolute atomic E-state index is 13.0. The molecule has 0 spiro atoms. The average molecular weight is 505 g/mol. The van der Waals surface area contributed by atoms with Crippen LogP contribution in [0.1, 0.15) is 41.8 Å². The van der Waals surface area contributed by atoms with Crippen LogP contribution in [0, 0.1) is 5.92 Å². The Hall–Kier alpha value is -2.63. The van der Waals surface area contributed by atoms with Gasteiger partial charge in [-0.1, -0.05) is 11.8 Å². The van der Waals surface area contributed by atoms with Crippen molar-refractivity contribution in [3.05, 3.63) is 35.4 Å². The number of nitrogens with zero attached hydrogens (tertiary/aromatic N) is 4. The van der Waals surface area contributed by atoms with Gasteiger partial charge in [0, 0.05) is 39.4 Å². The second-order valence-corrected chi connectivity index (χ2v) is 9.37. The number of ether oxygens (including phenoxy) is 3. The van der Waals surface area contributed by atoms with Gasteiger partial charge in [-0.15, -0.1) is 0 Å². The molecule has 10 nitrogen and oxygen atoms in total. The Morgan fingerprint density at radius 1 is 1.20 bits per heavy atom. The Labute approximate surface area is 209 Å². The minimum absolute atomic E-state index is 0.205. The number of amides is 1. The van der Waals surface area contributed by atoms with Gasteiger partial charge in [-0.3, -0.25) is 9.59 Å². The molecule has 4 rings (SSSR count). The first-order chi connectivity index (χ1) is 17.1. The van der Waals surface area contributed by atoms with Crippen LogP contribution in [-0.4, -0.2) is 79.9 Å². The molecule has 190 valence electrons. The Morgan fingerprint density at radius 3 is 2.80 bits per heavy atom. The van der Waals surface area contributed by atoms with Crippen molar-refractivity contribution in [3.8, 4) is 0 Å². The van der Waals surface area contributed by atoms with Crippen molar-refractivity contribution in [1.82, 2.24) is 14.9 Å². The van der Waals surface area contributed by atoms with Gasteiger partial charge in [0.1, 0.15) is 11.6 Å². The maximum atomic E-state index is 13.0. The molecule has 0 unspecified atom stereocenters. The van der Waals surface area contributed by atoms with Crippen LogP contribution in [0.25, 0.3) is 0 Å². The number of methoxy groups -OCH3 is 1. The van der Waals surface area contributed by atoms with Gasteiger partial charge in [0.15, 0.2) is 10.9 Å². The number of carbonyl (C=O) groups excluding carboxylic acids is 2. The smallest absolute Gasteiger partial charge is 0.310 e. The summed E-state index contributed by atoms with van der Waals surface area (Å²) in [6, 6.07) is 5.44. The molecule has 0 N–H and O–H groups in total. The maximum Gasteiger partial charge on any atom is 0.310 e. The highest BCUT2D eigenvalue weighted by Gasteiger charge is 2.31. The number of aromatic nitrogens is 2. The average Bonchev–Trinajstić information content (AvgIpc) is 3.37. The van der Waals surface area contributed by atoms with Crippen molar-refractivity contribution in [2.24, 2.45) is 5.92 Å². The zero-order chi connectivity index (χ0) is 24.6. The number of hydrogen-bond acceptors (Lipinski definition) is 10. The third-order valence-electron chi connectivity index (χ3n) is 5.92. The molecule has 2 aliphatic heterocycles. The normalized spacial score (nSPS) is 18.5. The number of furan rings is 1. The molecule has 11 heteroatoms. The molecule has 2 fully saturated rings. The largest absolute Gasteiger partial charge is 0.466 e. The summed E-state index contributed by atoms with van der Waals surface area (Å²) in [6.45, 7) is 6.39. The molecule has 2 aromatic rings. The Balaban J connectivity index is 1.38. The van der Waals surface area contributed by atoms with Crippen LogP contribution in [0.5, 0.6) is 0 Å². The number of likely N-dealkylation sites (tertiary alicyclic amines) is 1. The predicted molar refractivity (Wildman–Crippen MR) is 129 cm³/mol. The first-order valence-corrected chi connectivity index (χ1v) is 12.9. The highest BCUT2D eigenvalue weighted by Crippen LogP contribution is 2.26. The molecule has 0 aliphatic carbocycles. The molecular formula is C24H32N4O6S. The van der Waals surface area contributed by atoms with Crippen molar-refractivity contribution in [1.29, 1.82) is 0 Å². The van der Waals surface area contributed by atoms with Crippen molar-refractivity contribution in [3.63, 3.8) is 0 Å². The van der Waals surface area contributed by atoms with E-state index in [4.69, 9.17) is 23.6 Å². The lowest BCUT2D eigenvalue weighted by Crippen LogP contribution is -2.42. The van der Waals surface area contributed by atoms with Crippen LogP contribution in [0.15, 0.2) is 27.8 Å². The van der Waals surface area contributed by atoms with E-state index in [9.17, 15) is 9.59 Å². The predicted octanol–water partition coefficient (Wildman–Crippen LogP) is 2.76. The van der Waals surface area contributed by atoms with Crippen LogP contribution < -0.4 is 4.90 Å². The van der Waals surface area contributed by atoms with Crippen molar-refractivity contribution in [2.75, 3.05) is 58.0 Å². The molecule has 0 bridgehead atoms. The molecule has 1 atom stereocenters.